The van der Waals surface area contributed by atoms with Gasteiger partial charge in [0.05, 0.1) is 17.9 Å². The van der Waals surface area contributed by atoms with E-state index in [4.69, 9.17) is 9.15 Å². The van der Waals surface area contributed by atoms with Gasteiger partial charge in [-0.2, -0.15) is 0 Å². The van der Waals surface area contributed by atoms with Crippen LogP contribution in [0.25, 0.3) is 22.6 Å². The van der Waals surface area contributed by atoms with Crippen LogP contribution in [0.4, 0.5) is 10.5 Å². The number of nitrogens with one attached hydrogen (secondary N) is 1. The fourth-order valence-corrected chi connectivity index (χ4v) is 2.19. The maximum Gasteiger partial charge on any atom is 0.411 e. The molecule has 3 rings (SSSR count). The van der Waals surface area contributed by atoms with Crippen molar-refractivity contribution in [1.82, 2.24) is 9.97 Å². The summed E-state index contributed by atoms with van der Waals surface area (Å²) in [6.45, 7) is 1.87. The molecular weight excluding hydrogens is 314 g/mol. The molecule has 0 aliphatic rings. The van der Waals surface area contributed by atoms with E-state index in [1.807, 2.05) is 0 Å². The van der Waals surface area contributed by atoms with Gasteiger partial charge in [0.25, 0.3) is 0 Å². The number of ether oxygens (including phenoxy) is 1. The fourth-order valence-electron chi connectivity index (χ4n) is 2.19. The van der Waals surface area contributed by atoms with E-state index in [1.54, 1.807) is 19.1 Å². The number of anilines is 1. The van der Waals surface area contributed by atoms with Crippen molar-refractivity contribution >= 4 is 23.0 Å². The van der Waals surface area contributed by atoms with Crippen LogP contribution in [0.5, 0.6) is 5.75 Å². The lowest BCUT2D eigenvalue weighted by Gasteiger charge is -2.12. The first-order chi connectivity index (χ1) is 11.6. The summed E-state index contributed by atoms with van der Waals surface area (Å²) in [6, 6.07) is 5.68. The van der Waals surface area contributed by atoms with Crippen molar-refractivity contribution in [1.29, 1.82) is 0 Å². The molecule has 2 aromatic heterocycles. The molecular formula is C16H13N3O5. The van der Waals surface area contributed by atoms with E-state index in [9.17, 15) is 14.7 Å². The van der Waals surface area contributed by atoms with Crippen LogP contribution in [0.2, 0.25) is 0 Å². The highest BCUT2D eigenvalue weighted by Gasteiger charge is 2.17. The molecule has 0 aliphatic carbocycles. The summed E-state index contributed by atoms with van der Waals surface area (Å²) >= 11 is 0. The maximum absolute atomic E-state index is 12.2. The van der Waals surface area contributed by atoms with Crippen LogP contribution in [0, 0.1) is 0 Å². The van der Waals surface area contributed by atoms with Gasteiger partial charge < -0.3 is 14.3 Å². The molecule has 24 heavy (non-hydrogen) atoms. The van der Waals surface area contributed by atoms with Gasteiger partial charge in [0.2, 0.25) is 11.1 Å². The third kappa shape index (κ3) is 2.89. The van der Waals surface area contributed by atoms with Gasteiger partial charge >= 0.3 is 6.09 Å². The molecule has 2 N–H and O–H groups in total. The highest BCUT2D eigenvalue weighted by Crippen LogP contribution is 2.36. The number of carbonyl (C=O) groups is 1. The number of nitrogens with zero attached hydrogens (tertiary/aromatic N) is 2. The van der Waals surface area contributed by atoms with Crippen molar-refractivity contribution in [3.63, 3.8) is 0 Å². The van der Waals surface area contributed by atoms with Crippen LogP contribution in [0.1, 0.15) is 6.92 Å². The minimum atomic E-state index is -0.688. The molecule has 0 unspecified atom stereocenters. The van der Waals surface area contributed by atoms with Crippen molar-refractivity contribution in [2.45, 2.75) is 6.92 Å². The molecule has 0 saturated carbocycles. The van der Waals surface area contributed by atoms with E-state index < -0.39 is 11.5 Å². The number of phenols is 1. The van der Waals surface area contributed by atoms with Gasteiger partial charge in [0, 0.05) is 18.5 Å². The summed E-state index contributed by atoms with van der Waals surface area (Å²) in [4.78, 5) is 31.7. The summed E-state index contributed by atoms with van der Waals surface area (Å²) in [5.74, 6) is -0.117. The molecule has 1 amide bonds. The molecule has 8 nitrogen and oxygen atoms in total. The topological polar surface area (TPSA) is 115 Å². The molecule has 1 aromatic carbocycles. The second kappa shape index (κ2) is 6.37. The second-order valence-electron chi connectivity index (χ2n) is 4.73. The summed E-state index contributed by atoms with van der Waals surface area (Å²) in [5.41, 5.74) is 0.0849. The van der Waals surface area contributed by atoms with Gasteiger partial charge in [0.15, 0.2) is 5.52 Å². The standard InChI is InChI=1S/C16H13N3O5/c1-2-23-16(22)19-9-4-3-5-10(20)13(9)12-8-11(21)14-15(24-12)18-7-6-17-14/h3-8,20H,2H2,1H3,(H,19,22). The minimum Gasteiger partial charge on any atom is -0.507 e. The third-order valence-electron chi connectivity index (χ3n) is 3.17. The predicted octanol–water partition coefficient (Wildman–Crippen LogP) is 2.52. The quantitative estimate of drug-likeness (QED) is 0.759. The maximum atomic E-state index is 12.2. The first kappa shape index (κ1) is 15.5. The van der Waals surface area contributed by atoms with Crippen molar-refractivity contribution in [2.24, 2.45) is 0 Å². The number of phenolic OH excluding ortho intramolecular Hbond substituents is 1. The van der Waals surface area contributed by atoms with Crippen LogP contribution in [0.3, 0.4) is 0 Å². The van der Waals surface area contributed by atoms with Gasteiger partial charge in [-0.3, -0.25) is 10.1 Å². The third-order valence-corrected chi connectivity index (χ3v) is 3.17. The Kier molecular flexibility index (Phi) is 4.11. The molecule has 0 aliphatic heterocycles. The van der Waals surface area contributed by atoms with Gasteiger partial charge in [0.1, 0.15) is 11.5 Å². The monoisotopic (exact) mass is 327 g/mol. The number of hydrogen-bond acceptors (Lipinski definition) is 7. The number of benzene rings is 1. The van der Waals surface area contributed by atoms with Gasteiger partial charge in [-0.1, -0.05) is 6.07 Å². The summed E-state index contributed by atoms with van der Waals surface area (Å²) in [5, 5.41) is 12.7. The number of fused-ring (bicyclic) bond motifs is 1. The molecule has 3 aromatic rings. The average molecular weight is 327 g/mol. The van der Waals surface area contributed by atoms with E-state index in [0.717, 1.165) is 0 Å². The Morgan fingerprint density at radius 2 is 2.12 bits per heavy atom. The second-order valence-corrected chi connectivity index (χ2v) is 4.73. The van der Waals surface area contributed by atoms with Crippen LogP contribution in [-0.4, -0.2) is 27.8 Å². The zero-order chi connectivity index (χ0) is 17.1. The van der Waals surface area contributed by atoms with E-state index in [2.05, 4.69) is 15.3 Å². The van der Waals surface area contributed by atoms with Crippen LogP contribution >= 0.6 is 0 Å². The average Bonchev–Trinajstić information content (AvgIpc) is 2.55. The summed E-state index contributed by atoms with van der Waals surface area (Å²) in [6.07, 6.45) is 2.08. The normalized spacial score (nSPS) is 10.5. The minimum absolute atomic E-state index is 0.0327. The Morgan fingerprint density at radius 1 is 1.33 bits per heavy atom. The number of aromatic hydroxyl groups is 1. The van der Waals surface area contributed by atoms with E-state index in [0.29, 0.717) is 0 Å². The SMILES string of the molecule is CCOC(=O)Nc1cccc(O)c1-c1cc(=O)c2nccnc2o1. The molecule has 0 radical (unpaired) electrons. The zero-order valence-electron chi connectivity index (χ0n) is 12.6. The molecule has 0 saturated heterocycles. The number of hydrogen-bond donors (Lipinski definition) is 2. The van der Waals surface area contributed by atoms with Crippen molar-refractivity contribution in [2.75, 3.05) is 11.9 Å². The van der Waals surface area contributed by atoms with Crippen LogP contribution in [0.15, 0.2) is 45.9 Å². The largest absolute Gasteiger partial charge is 0.507 e. The van der Waals surface area contributed by atoms with E-state index in [1.165, 1.54) is 24.5 Å². The Balaban J connectivity index is 2.15. The van der Waals surface area contributed by atoms with Gasteiger partial charge in [-0.05, 0) is 19.1 Å². The van der Waals surface area contributed by atoms with Crippen LogP contribution in [-0.2, 0) is 4.74 Å². The zero-order valence-corrected chi connectivity index (χ0v) is 12.6. The van der Waals surface area contributed by atoms with E-state index >= 15 is 0 Å². The summed E-state index contributed by atoms with van der Waals surface area (Å²) < 4.78 is 10.4. The van der Waals surface area contributed by atoms with Crippen molar-refractivity contribution < 1.29 is 19.1 Å². The molecule has 8 heteroatoms. The smallest absolute Gasteiger partial charge is 0.411 e. The first-order valence-electron chi connectivity index (χ1n) is 7.11. The number of carbonyl (C=O) groups excluding carboxylic acids is 1. The molecule has 2 heterocycles. The lowest BCUT2D eigenvalue weighted by Crippen LogP contribution is -2.14. The Bertz CT molecular complexity index is 967. The molecule has 0 fully saturated rings. The molecule has 122 valence electrons. The Hall–Kier alpha value is -3.42. The lowest BCUT2D eigenvalue weighted by atomic mass is 10.1. The lowest BCUT2D eigenvalue weighted by molar-refractivity contribution is 0.168. The summed E-state index contributed by atoms with van der Waals surface area (Å²) in [7, 11) is 0. The highest BCUT2D eigenvalue weighted by atomic mass is 16.5. The molecule has 0 bridgehead atoms. The highest BCUT2D eigenvalue weighted by molar-refractivity contribution is 5.92. The van der Waals surface area contributed by atoms with Crippen LogP contribution < -0.4 is 10.7 Å². The van der Waals surface area contributed by atoms with Crippen molar-refractivity contribution in [3.8, 4) is 17.1 Å². The van der Waals surface area contributed by atoms with Gasteiger partial charge in [-0.15, -0.1) is 0 Å². The van der Waals surface area contributed by atoms with Gasteiger partial charge in [-0.25, -0.2) is 14.8 Å². The Morgan fingerprint density at radius 3 is 2.92 bits per heavy atom. The molecule has 0 atom stereocenters. The molecule has 0 spiro atoms. The first-order valence-corrected chi connectivity index (χ1v) is 7.11. The predicted molar refractivity (Wildman–Crippen MR) is 85.8 cm³/mol. The fraction of sp³-hybridized carbons (Fsp3) is 0.125. The number of rotatable bonds is 3. The Labute approximate surface area is 135 Å². The number of aromatic nitrogens is 2. The van der Waals surface area contributed by atoms with E-state index in [-0.39, 0.29) is 40.6 Å². The van der Waals surface area contributed by atoms with Crippen molar-refractivity contribution in [3.05, 3.63) is 46.9 Å². The number of amides is 1.